The highest BCUT2D eigenvalue weighted by Gasteiger charge is 2.54. The first kappa shape index (κ1) is 28.7. The average Bonchev–Trinajstić information content (AvgIpc) is 3.73. The number of phenols is 2. The summed E-state index contributed by atoms with van der Waals surface area (Å²) < 4.78 is 20.0. The van der Waals surface area contributed by atoms with Gasteiger partial charge in [0.05, 0.1) is 30.1 Å². The first-order valence-corrected chi connectivity index (χ1v) is 14.9. The number of hydrogen-bond donors (Lipinski definition) is 7. The van der Waals surface area contributed by atoms with Gasteiger partial charge in [-0.2, -0.15) is 4.98 Å². The molecule has 1 fully saturated rings. The third kappa shape index (κ3) is 4.29. The van der Waals surface area contributed by atoms with Gasteiger partial charge in [-0.25, -0.2) is 9.78 Å². The number of nitrogens with one attached hydrogen (secondary N) is 3. The number of benzene rings is 3. The molecule has 47 heavy (non-hydrogen) atoms. The first-order valence-electron chi connectivity index (χ1n) is 14.4. The van der Waals surface area contributed by atoms with Crippen LogP contribution in [0.15, 0.2) is 65.7 Å². The molecule has 0 saturated carbocycles. The fourth-order valence-electron chi connectivity index (χ4n) is 6.53. The van der Waals surface area contributed by atoms with Crippen LogP contribution in [0.1, 0.15) is 39.7 Å². The number of hydrogen-bond acceptors (Lipinski definition) is 12. The van der Waals surface area contributed by atoms with Gasteiger partial charge in [0, 0.05) is 23.6 Å². The quantitative estimate of drug-likeness (QED) is 0.0840. The Morgan fingerprint density at radius 2 is 1.94 bits per heavy atom. The van der Waals surface area contributed by atoms with Crippen LogP contribution in [0.4, 0.5) is 11.6 Å². The van der Waals surface area contributed by atoms with Gasteiger partial charge in [0.15, 0.2) is 27.6 Å². The van der Waals surface area contributed by atoms with E-state index in [0.29, 0.717) is 22.3 Å². The van der Waals surface area contributed by atoms with Gasteiger partial charge in [0.1, 0.15) is 35.3 Å². The molecule has 4 atom stereocenters. The van der Waals surface area contributed by atoms with E-state index in [2.05, 4.69) is 25.6 Å². The van der Waals surface area contributed by atoms with E-state index in [1.165, 1.54) is 24.5 Å². The Bertz CT molecular complexity index is 2200. The number of aromatic amines is 1. The average molecular weight is 656 g/mol. The number of aliphatic hydroxyl groups excluding tert-OH is 1. The topological polar surface area (TPSA) is 219 Å². The smallest absolute Gasteiger partial charge is 0.340 e. The molecule has 8 N–H and O–H groups in total. The predicted octanol–water partition coefficient (Wildman–Crippen LogP) is 2.32. The van der Waals surface area contributed by atoms with Gasteiger partial charge < -0.3 is 45.9 Å². The molecule has 0 amide bonds. The lowest BCUT2D eigenvalue weighted by Gasteiger charge is -2.37. The third-order valence-electron chi connectivity index (χ3n) is 8.58. The van der Waals surface area contributed by atoms with Crippen molar-refractivity contribution < 1.29 is 34.3 Å². The number of nitrogens with two attached hydrogens (primary N) is 1. The molecule has 3 aromatic carbocycles. The lowest BCUT2D eigenvalue weighted by molar-refractivity contribution is -0.0243. The van der Waals surface area contributed by atoms with Gasteiger partial charge in [-0.05, 0) is 42.5 Å². The number of imidazole rings is 1. The van der Waals surface area contributed by atoms with Crippen molar-refractivity contribution in [2.24, 2.45) is 0 Å². The van der Waals surface area contributed by atoms with Crippen LogP contribution in [0.3, 0.4) is 0 Å². The zero-order valence-electron chi connectivity index (χ0n) is 24.1. The Labute approximate surface area is 269 Å². The van der Waals surface area contributed by atoms with Crippen molar-refractivity contribution >= 4 is 46.1 Å². The maximum Gasteiger partial charge on any atom is 0.340 e. The van der Waals surface area contributed by atoms with E-state index >= 15 is 0 Å². The van der Waals surface area contributed by atoms with E-state index in [0.717, 1.165) is 0 Å². The number of nitrogen functional groups attached to an aromatic ring is 1. The number of esters is 1. The summed E-state index contributed by atoms with van der Waals surface area (Å²) in [6.45, 7) is -0.359. The van der Waals surface area contributed by atoms with Gasteiger partial charge in [-0.3, -0.25) is 14.3 Å². The normalized spacial score (nSPS) is 22.3. The number of aliphatic hydroxyl groups is 1. The molecule has 3 aliphatic heterocycles. The van der Waals surface area contributed by atoms with E-state index in [1.54, 1.807) is 41.0 Å². The van der Waals surface area contributed by atoms with Crippen LogP contribution >= 0.6 is 12.2 Å². The molecule has 5 heterocycles. The number of carbonyl (C=O) groups excluding carboxylic acids is 1. The number of aromatic nitrogens is 4. The second kappa shape index (κ2) is 10.4. The van der Waals surface area contributed by atoms with E-state index in [-0.39, 0.29) is 63.9 Å². The summed E-state index contributed by atoms with van der Waals surface area (Å²) in [5.41, 5.74) is 6.05. The number of rotatable bonds is 4. The summed E-state index contributed by atoms with van der Waals surface area (Å²) in [4.78, 5) is 36.1. The van der Waals surface area contributed by atoms with Crippen molar-refractivity contribution in [1.82, 2.24) is 24.8 Å². The highest BCUT2D eigenvalue weighted by atomic mass is 32.1. The van der Waals surface area contributed by atoms with E-state index in [1.807, 2.05) is 0 Å². The van der Waals surface area contributed by atoms with Crippen LogP contribution in [0.25, 0.3) is 11.2 Å². The monoisotopic (exact) mass is 655 g/mol. The Balaban J connectivity index is 1.12. The minimum Gasteiger partial charge on any atom is -0.508 e. The zero-order valence-corrected chi connectivity index (χ0v) is 24.9. The molecule has 0 aliphatic carbocycles. The zero-order chi connectivity index (χ0) is 32.6. The molecule has 0 radical (unpaired) electrons. The van der Waals surface area contributed by atoms with E-state index in [4.69, 9.17) is 32.2 Å². The molecule has 3 aliphatic rings. The summed E-state index contributed by atoms with van der Waals surface area (Å²) >= 11 is 5.65. The number of ether oxygens (including phenoxy) is 3. The van der Waals surface area contributed by atoms with Crippen LogP contribution in [0, 0.1) is 0 Å². The van der Waals surface area contributed by atoms with Crippen molar-refractivity contribution in [1.29, 1.82) is 0 Å². The fourth-order valence-corrected chi connectivity index (χ4v) is 6.78. The number of carbonyl (C=O) groups is 1. The van der Waals surface area contributed by atoms with Crippen molar-refractivity contribution in [2.45, 2.75) is 30.4 Å². The van der Waals surface area contributed by atoms with Crippen LogP contribution in [-0.2, 0) is 15.1 Å². The maximum atomic E-state index is 13.2. The number of nitrogens with zero attached hydrogens (tertiary/aromatic N) is 3. The van der Waals surface area contributed by atoms with Crippen LogP contribution in [-0.4, -0.2) is 64.7 Å². The van der Waals surface area contributed by atoms with Gasteiger partial charge in [-0.1, -0.05) is 18.2 Å². The molecule has 5 aromatic rings. The van der Waals surface area contributed by atoms with Crippen molar-refractivity contribution in [2.75, 3.05) is 17.7 Å². The summed E-state index contributed by atoms with van der Waals surface area (Å²) in [6.07, 6.45) is 0.299. The molecule has 1 saturated heterocycles. The molecule has 1 unspecified atom stereocenters. The Morgan fingerprint density at radius 3 is 2.77 bits per heavy atom. The summed E-state index contributed by atoms with van der Waals surface area (Å²) in [6, 6.07) is 14.0. The number of H-pyrrole nitrogens is 1. The van der Waals surface area contributed by atoms with Crippen molar-refractivity contribution in [3.8, 4) is 23.0 Å². The summed E-state index contributed by atoms with van der Waals surface area (Å²) in [5, 5.41) is 37.7. The number of phenolic OH excluding ortho intramolecular Hbond substituents is 2. The Hall–Kier alpha value is -5.71. The molecule has 0 bridgehead atoms. The molecule has 16 heteroatoms. The van der Waals surface area contributed by atoms with Crippen molar-refractivity contribution in [3.63, 3.8) is 0 Å². The number of aromatic hydroxyl groups is 2. The molecule has 1 spiro atoms. The maximum absolute atomic E-state index is 13.2. The van der Waals surface area contributed by atoms with Crippen LogP contribution in [0.2, 0.25) is 0 Å². The van der Waals surface area contributed by atoms with Gasteiger partial charge in [0.25, 0.3) is 5.56 Å². The van der Waals surface area contributed by atoms with Crippen LogP contribution < -0.4 is 26.7 Å². The minimum absolute atomic E-state index is 0.0545. The van der Waals surface area contributed by atoms with Gasteiger partial charge >= 0.3 is 5.97 Å². The summed E-state index contributed by atoms with van der Waals surface area (Å²) in [7, 11) is 0. The Kier molecular flexibility index (Phi) is 6.37. The third-order valence-corrected chi connectivity index (χ3v) is 8.80. The highest BCUT2D eigenvalue weighted by Crippen LogP contribution is 2.59. The summed E-state index contributed by atoms with van der Waals surface area (Å²) in [5.74, 6) is -0.582. The van der Waals surface area contributed by atoms with Crippen molar-refractivity contribution in [3.05, 3.63) is 93.5 Å². The lowest BCUT2D eigenvalue weighted by Crippen LogP contribution is -2.44. The van der Waals surface area contributed by atoms with Gasteiger partial charge in [-0.15, -0.1) is 0 Å². The standard InChI is InChI=1S/C31H25N7O8S/c32-29-36-26-24(27(42)37-29)33-12-38(26)22-10-18(21(11-39)44-22)34-30(47)35-23-19(41)8-7-17-25(23)45-20-9-13(40)5-6-16(20)31(17)15-4-2-1-3-14(15)28(43)46-31/h1-9,12,18,21-22,39-41H,10-11H2,(H2,34,35,47)(H3,32,36,37,42)/t18-,21+,22+,31?/m0/s1. The van der Waals surface area contributed by atoms with Gasteiger partial charge in [0.2, 0.25) is 5.95 Å². The molecule has 238 valence electrons. The van der Waals surface area contributed by atoms with Crippen LogP contribution in [0.5, 0.6) is 23.0 Å². The lowest BCUT2D eigenvalue weighted by atomic mass is 9.77. The molecular formula is C31H25N7O8S. The largest absolute Gasteiger partial charge is 0.508 e. The highest BCUT2D eigenvalue weighted by molar-refractivity contribution is 7.80. The predicted molar refractivity (Wildman–Crippen MR) is 169 cm³/mol. The molecule has 8 rings (SSSR count). The number of fused-ring (bicyclic) bond motifs is 7. The number of anilines is 2. The van der Waals surface area contributed by atoms with E-state index in [9.17, 15) is 24.9 Å². The second-order valence-corrected chi connectivity index (χ2v) is 11.7. The fraction of sp³-hybridized carbons (Fsp3) is 0.194. The molecule has 15 nitrogen and oxygen atoms in total. The molecular weight excluding hydrogens is 630 g/mol. The Morgan fingerprint density at radius 1 is 1.13 bits per heavy atom. The second-order valence-electron chi connectivity index (χ2n) is 11.3. The minimum atomic E-state index is -1.44. The molecule has 2 aromatic heterocycles. The SMILES string of the molecule is Nc1nc2c(ncn2[C@H]2C[C@H](NC(=S)Nc3c(O)ccc4c3Oc3cc(O)ccc3C43OC(=O)c4ccccc43)[C@@H](CO)O2)c(=O)[nH]1. The number of thiocarbonyl (C=S) groups is 1. The first-order chi connectivity index (χ1) is 22.7. The van der Waals surface area contributed by atoms with E-state index < -0.39 is 35.5 Å².